The van der Waals surface area contributed by atoms with Gasteiger partial charge in [0.2, 0.25) is 11.7 Å². The van der Waals surface area contributed by atoms with E-state index in [9.17, 15) is 4.79 Å². The predicted octanol–water partition coefficient (Wildman–Crippen LogP) is 0.281. The monoisotopic (exact) mass is 192 g/mol. The highest BCUT2D eigenvalue weighted by Crippen LogP contribution is 1.94. The summed E-state index contributed by atoms with van der Waals surface area (Å²) >= 11 is 0. The van der Waals surface area contributed by atoms with E-state index in [4.69, 9.17) is 5.26 Å². The van der Waals surface area contributed by atoms with E-state index in [1.165, 1.54) is 10.8 Å². The van der Waals surface area contributed by atoms with Crippen LogP contribution in [0.15, 0.2) is 12.4 Å². The summed E-state index contributed by atoms with van der Waals surface area (Å²) in [7, 11) is 0. The molecule has 5 nitrogen and oxygen atoms in total. The normalized spacial score (nSPS) is 9.43. The molecule has 1 heterocycles. The Morgan fingerprint density at radius 3 is 3.21 bits per heavy atom. The highest BCUT2D eigenvalue weighted by Gasteiger charge is 2.05. The molecule has 0 aliphatic heterocycles. The van der Waals surface area contributed by atoms with Gasteiger partial charge < -0.3 is 9.88 Å². The lowest BCUT2D eigenvalue weighted by Gasteiger charge is -2.04. The quantitative estimate of drug-likeness (QED) is 0.744. The number of hydrogen-bond acceptors (Lipinski definition) is 3. The molecule has 0 atom stereocenters. The van der Waals surface area contributed by atoms with Crippen molar-refractivity contribution in [3.05, 3.63) is 18.2 Å². The van der Waals surface area contributed by atoms with Gasteiger partial charge in [0.05, 0.1) is 0 Å². The zero-order valence-corrected chi connectivity index (χ0v) is 8.03. The first-order chi connectivity index (χ1) is 6.77. The van der Waals surface area contributed by atoms with E-state index in [1.807, 2.05) is 13.0 Å². The van der Waals surface area contributed by atoms with E-state index in [0.29, 0.717) is 6.54 Å². The van der Waals surface area contributed by atoms with Crippen LogP contribution in [-0.4, -0.2) is 22.0 Å². The van der Waals surface area contributed by atoms with Crippen LogP contribution in [0.25, 0.3) is 0 Å². The Bertz CT molecular complexity index is 350. The number of aromatic nitrogens is 2. The summed E-state index contributed by atoms with van der Waals surface area (Å²) in [6.07, 6.45) is 4.02. The van der Waals surface area contributed by atoms with Gasteiger partial charge in [0, 0.05) is 18.9 Å². The van der Waals surface area contributed by atoms with Crippen LogP contribution in [0.4, 0.5) is 0 Å². The van der Waals surface area contributed by atoms with Gasteiger partial charge in [0.1, 0.15) is 12.6 Å². The molecule has 0 bridgehead atoms. The molecular weight excluding hydrogens is 180 g/mol. The number of rotatable bonds is 4. The number of hydrogen-bond donors (Lipinski definition) is 1. The molecule has 74 valence electrons. The Labute approximate surface area is 82.4 Å². The smallest absolute Gasteiger partial charge is 0.240 e. The van der Waals surface area contributed by atoms with Crippen molar-refractivity contribution in [3.8, 4) is 6.07 Å². The first-order valence-corrected chi connectivity index (χ1v) is 4.46. The van der Waals surface area contributed by atoms with Crippen LogP contribution in [0.2, 0.25) is 0 Å². The van der Waals surface area contributed by atoms with Crippen molar-refractivity contribution in [1.82, 2.24) is 14.9 Å². The summed E-state index contributed by atoms with van der Waals surface area (Å²) in [6, 6.07) is 1.91. The van der Waals surface area contributed by atoms with Crippen LogP contribution in [0.3, 0.4) is 0 Å². The van der Waals surface area contributed by atoms with E-state index in [2.05, 4.69) is 10.3 Å². The minimum absolute atomic E-state index is 0.0960. The number of imidazole rings is 1. The Hall–Kier alpha value is -1.83. The van der Waals surface area contributed by atoms with Gasteiger partial charge >= 0.3 is 0 Å². The summed E-state index contributed by atoms with van der Waals surface area (Å²) in [5.74, 6) is 0.165. The molecular formula is C9H12N4O. The van der Waals surface area contributed by atoms with Gasteiger partial charge in [-0.15, -0.1) is 0 Å². The molecule has 5 heteroatoms. The van der Waals surface area contributed by atoms with Gasteiger partial charge in [-0.25, -0.2) is 4.98 Å². The van der Waals surface area contributed by atoms with Gasteiger partial charge in [0.15, 0.2) is 0 Å². The van der Waals surface area contributed by atoms with Crippen LogP contribution in [-0.2, 0) is 11.3 Å². The van der Waals surface area contributed by atoms with Crippen LogP contribution in [0.5, 0.6) is 0 Å². The third-order valence-corrected chi connectivity index (χ3v) is 1.70. The maximum Gasteiger partial charge on any atom is 0.240 e. The molecule has 0 unspecified atom stereocenters. The van der Waals surface area contributed by atoms with Crippen LogP contribution >= 0.6 is 0 Å². The van der Waals surface area contributed by atoms with E-state index < -0.39 is 0 Å². The van der Waals surface area contributed by atoms with Crippen molar-refractivity contribution in [2.45, 2.75) is 19.9 Å². The molecule has 0 aliphatic rings. The van der Waals surface area contributed by atoms with E-state index in [-0.39, 0.29) is 18.3 Å². The molecule has 1 aromatic rings. The second-order valence-electron chi connectivity index (χ2n) is 2.84. The number of carbonyl (C=O) groups is 1. The molecule has 1 aromatic heterocycles. The Morgan fingerprint density at radius 1 is 1.79 bits per heavy atom. The Morgan fingerprint density at radius 2 is 2.57 bits per heavy atom. The summed E-state index contributed by atoms with van der Waals surface area (Å²) in [4.78, 5) is 15.1. The lowest BCUT2D eigenvalue weighted by Crippen LogP contribution is -2.28. The van der Waals surface area contributed by atoms with E-state index >= 15 is 0 Å². The summed E-state index contributed by atoms with van der Waals surface area (Å²) in [5, 5.41) is 11.4. The maximum atomic E-state index is 11.3. The average Bonchev–Trinajstić information content (AvgIpc) is 2.62. The van der Waals surface area contributed by atoms with Crippen molar-refractivity contribution < 1.29 is 4.79 Å². The van der Waals surface area contributed by atoms with Crippen LogP contribution in [0, 0.1) is 11.3 Å². The fraction of sp³-hybridized carbons (Fsp3) is 0.444. The Kier molecular flexibility index (Phi) is 3.68. The first-order valence-electron chi connectivity index (χ1n) is 4.46. The molecule has 0 fully saturated rings. The third-order valence-electron chi connectivity index (χ3n) is 1.70. The van der Waals surface area contributed by atoms with Crippen molar-refractivity contribution in [2.75, 3.05) is 6.54 Å². The van der Waals surface area contributed by atoms with Gasteiger partial charge in [-0.05, 0) is 6.42 Å². The van der Waals surface area contributed by atoms with Gasteiger partial charge in [-0.3, -0.25) is 4.79 Å². The third kappa shape index (κ3) is 2.59. The fourth-order valence-corrected chi connectivity index (χ4v) is 1.02. The molecule has 0 saturated heterocycles. The summed E-state index contributed by atoms with van der Waals surface area (Å²) in [5.41, 5.74) is 0. The number of amides is 1. The number of nitriles is 1. The summed E-state index contributed by atoms with van der Waals surface area (Å²) < 4.78 is 1.52. The minimum Gasteiger partial charge on any atom is -0.355 e. The fourth-order valence-electron chi connectivity index (χ4n) is 1.02. The van der Waals surface area contributed by atoms with Crippen LogP contribution < -0.4 is 5.32 Å². The molecule has 0 radical (unpaired) electrons. The molecule has 0 aliphatic carbocycles. The number of carbonyl (C=O) groups excluding carboxylic acids is 1. The predicted molar refractivity (Wildman–Crippen MR) is 50.2 cm³/mol. The molecule has 0 spiro atoms. The summed E-state index contributed by atoms with van der Waals surface area (Å²) in [6.45, 7) is 2.80. The lowest BCUT2D eigenvalue weighted by atomic mass is 10.4. The first kappa shape index (κ1) is 10.3. The van der Waals surface area contributed by atoms with Crippen LogP contribution in [0.1, 0.15) is 19.2 Å². The highest BCUT2D eigenvalue weighted by molar-refractivity contribution is 5.75. The van der Waals surface area contributed by atoms with E-state index in [0.717, 1.165) is 6.42 Å². The molecule has 1 rings (SSSR count). The molecule has 14 heavy (non-hydrogen) atoms. The van der Waals surface area contributed by atoms with Crippen molar-refractivity contribution >= 4 is 5.91 Å². The molecule has 0 aromatic carbocycles. The van der Waals surface area contributed by atoms with Crippen molar-refractivity contribution in [2.24, 2.45) is 0 Å². The average molecular weight is 192 g/mol. The van der Waals surface area contributed by atoms with Gasteiger partial charge in [-0.1, -0.05) is 6.92 Å². The Balaban J connectivity index is 2.52. The van der Waals surface area contributed by atoms with Gasteiger partial charge in [-0.2, -0.15) is 5.26 Å². The van der Waals surface area contributed by atoms with Gasteiger partial charge in [0.25, 0.3) is 0 Å². The maximum absolute atomic E-state index is 11.3. The van der Waals surface area contributed by atoms with Crippen molar-refractivity contribution in [1.29, 1.82) is 5.26 Å². The standard InChI is InChI=1S/C9H12N4O/c1-2-3-12-9(14)7-13-5-4-11-8(13)6-10/h4-5H,2-3,7H2,1H3,(H,12,14). The topological polar surface area (TPSA) is 70.7 Å². The molecule has 1 N–H and O–H groups in total. The SMILES string of the molecule is CCCNC(=O)Cn1ccnc1C#N. The zero-order chi connectivity index (χ0) is 10.4. The minimum atomic E-state index is -0.0960. The number of nitrogens with zero attached hydrogens (tertiary/aromatic N) is 3. The van der Waals surface area contributed by atoms with Crippen molar-refractivity contribution in [3.63, 3.8) is 0 Å². The largest absolute Gasteiger partial charge is 0.355 e. The van der Waals surface area contributed by atoms with E-state index in [1.54, 1.807) is 6.20 Å². The highest BCUT2D eigenvalue weighted by atomic mass is 16.1. The molecule has 0 saturated carbocycles. The number of nitrogens with one attached hydrogen (secondary N) is 1. The lowest BCUT2D eigenvalue weighted by molar-refractivity contribution is -0.121. The molecule has 1 amide bonds. The second-order valence-corrected chi connectivity index (χ2v) is 2.84. The zero-order valence-electron chi connectivity index (χ0n) is 8.03. The second kappa shape index (κ2) is 5.02.